The molecule has 0 atom stereocenters. The summed E-state index contributed by atoms with van der Waals surface area (Å²) < 4.78 is 3.59. The topological polar surface area (TPSA) is 74.3 Å². The number of para-hydroxylation sites is 1. The molecule has 0 bridgehead atoms. The van der Waals surface area contributed by atoms with Crippen molar-refractivity contribution in [2.75, 3.05) is 0 Å². The monoisotopic (exact) mass is 359 g/mol. The van der Waals surface area contributed by atoms with E-state index in [9.17, 15) is 0 Å². The third kappa shape index (κ3) is 2.60. The smallest absolute Gasteiger partial charge is 0.215 e. The quantitative estimate of drug-likeness (QED) is 0.458. The van der Waals surface area contributed by atoms with Crippen molar-refractivity contribution in [3.8, 4) is 5.69 Å². The molecule has 0 aliphatic rings. The minimum absolute atomic E-state index is 0.571. The van der Waals surface area contributed by atoms with Crippen LogP contribution in [0.3, 0.4) is 0 Å². The molecule has 26 heavy (non-hydrogen) atoms. The fraction of sp³-hybridized carbons (Fsp3) is 0.0556. The van der Waals surface area contributed by atoms with Gasteiger partial charge >= 0.3 is 0 Å². The number of fused-ring (bicyclic) bond motifs is 2. The lowest BCUT2D eigenvalue weighted by atomic mass is 10.1. The van der Waals surface area contributed by atoms with Crippen molar-refractivity contribution >= 4 is 33.6 Å². The summed E-state index contributed by atoms with van der Waals surface area (Å²) in [5, 5.41) is 23.6. The van der Waals surface area contributed by atoms with Gasteiger partial charge in [-0.25, -0.2) is 4.68 Å². The molecule has 0 unspecified atom stereocenters. The van der Waals surface area contributed by atoms with Gasteiger partial charge in [0.05, 0.1) is 17.1 Å². The first-order chi connectivity index (χ1) is 12.9. The summed E-state index contributed by atoms with van der Waals surface area (Å²) in [6.45, 7) is 0. The van der Waals surface area contributed by atoms with Crippen LogP contribution in [0.15, 0.2) is 71.9 Å². The van der Waals surface area contributed by atoms with Crippen LogP contribution < -0.4 is 0 Å². The van der Waals surface area contributed by atoms with Crippen LogP contribution in [0.2, 0.25) is 0 Å². The Morgan fingerprint density at radius 1 is 0.808 bits per heavy atom. The zero-order valence-electron chi connectivity index (χ0n) is 13.6. The molecule has 0 aliphatic heterocycles. The van der Waals surface area contributed by atoms with Gasteiger partial charge in [-0.3, -0.25) is 0 Å². The summed E-state index contributed by atoms with van der Waals surface area (Å²) >= 11 is 1.51. The lowest BCUT2D eigenvalue weighted by Crippen LogP contribution is -2.01. The molecular weight excluding hydrogens is 346 g/mol. The molecule has 0 fully saturated rings. The van der Waals surface area contributed by atoms with E-state index >= 15 is 0 Å². The van der Waals surface area contributed by atoms with E-state index in [-0.39, 0.29) is 0 Å². The number of hydrogen-bond donors (Lipinski definition) is 0. The number of aromatic nitrogens is 7. The highest BCUT2D eigenvalue weighted by Crippen LogP contribution is 2.24. The Morgan fingerprint density at radius 3 is 2.42 bits per heavy atom. The fourth-order valence-electron chi connectivity index (χ4n) is 2.87. The molecule has 5 aromatic rings. The van der Waals surface area contributed by atoms with Crippen molar-refractivity contribution in [2.45, 2.75) is 11.0 Å². The van der Waals surface area contributed by atoms with Crippen molar-refractivity contribution in [3.05, 3.63) is 66.7 Å². The molecule has 0 spiro atoms. The first-order valence-electron chi connectivity index (χ1n) is 8.07. The predicted molar refractivity (Wildman–Crippen MR) is 100 cm³/mol. The van der Waals surface area contributed by atoms with E-state index in [2.05, 4.69) is 50.1 Å². The van der Waals surface area contributed by atoms with Crippen LogP contribution in [0.4, 0.5) is 0 Å². The van der Waals surface area contributed by atoms with Gasteiger partial charge in [-0.1, -0.05) is 59.4 Å². The number of rotatable bonds is 4. The number of nitrogens with zero attached hydrogens (tertiary/aromatic N) is 7. The van der Waals surface area contributed by atoms with E-state index < -0.39 is 0 Å². The van der Waals surface area contributed by atoms with E-state index in [0.717, 1.165) is 22.1 Å². The van der Waals surface area contributed by atoms with Crippen LogP contribution in [0.25, 0.3) is 27.5 Å². The Balaban J connectivity index is 1.46. The van der Waals surface area contributed by atoms with Gasteiger partial charge in [0.15, 0.2) is 0 Å². The van der Waals surface area contributed by atoms with Crippen LogP contribution in [0.5, 0.6) is 0 Å². The summed E-state index contributed by atoms with van der Waals surface area (Å²) in [5.74, 6) is 0.571. The zero-order chi connectivity index (χ0) is 17.3. The second kappa shape index (κ2) is 6.23. The third-order valence-electron chi connectivity index (χ3n) is 4.14. The summed E-state index contributed by atoms with van der Waals surface area (Å²) in [6.07, 6.45) is 0. The van der Waals surface area contributed by atoms with Crippen molar-refractivity contribution in [3.63, 3.8) is 0 Å². The fourth-order valence-corrected chi connectivity index (χ4v) is 3.65. The number of benzene rings is 3. The van der Waals surface area contributed by atoms with Crippen molar-refractivity contribution < 1.29 is 0 Å². The van der Waals surface area contributed by atoms with Crippen LogP contribution in [0, 0.1) is 0 Å². The molecule has 0 saturated heterocycles. The van der Waals surface area contributed by atoms with E-state index in [1.165, 1.54) is 17.1 Å². The highest BCUT2D eigenvalue weighted by atomic mass is 32.2. The maximum atomic E-state index is 4.29. The average Bonchev–Trinajstić information content (AvgIpc) is 3.32. The molecular formula is C18H13N7S. The maximum absolute atomic E-state index is 4.29. The molecule has 7 nitrogen and oxygen atoms in total. The maximum Gasteiger partial charge on any atom is 0.215 e. The molecule has 3 aromatic carbocycles. The molecule has 2 aromatic heterocycles. The van der Waals surface area contributed by atoms with E-state index in [1.54, 1.807) is 4.68 Å². The molecule has 0 saturated carbocycles. The SMILES string of the molecule is c1ccc(-n2nnnc2SCn2nnc3cc4ccccc4cc32)cc1. The first-order valence-corrected chi connectivity index (χ1v) is 9.06. The highest BCUT2D eigenvalue weighted by Gasteiger charge is 2.11. The predicted octanol–water partition coefficient (Wildman–Crippen LogP) is 3.31. The molecule has 0 aliphatic carbocycles. The molecule has 5 rings (SSSR count). The number of tetrazole rings is 1. The van der Waals surface area contributed by atoms with Gasteiger partial charge in [0.25, 0.3) is 0 Å². The number of hydrogen-bond acceptors (Lipinski definition) is 6. The van der Waals surface area contributed by atoms with Crippen LogP contribution in [-0.4, -0.2) is 35.2 Å². The van der Waals surface area contributed by atoms with Gasteiger partial charge in [-0.15, -0.1) is 10.2 Å². The lowest BCUT2D eigenvalue weighted by Gasteiger charge is -2.05. The Hall–Kier alpha value is -3.26. The van der Waals surface area contributed by atoms with Crippen molar-refractivity contribution in [2.24, 2.45) is 0 Å². The van der Waals surface area contributed by atoms with E-state index in [4.69, 9.17) is 0 Å². The minimum atomic E-state index is 0.571. The Bertz CT molecular complexity index is 1200. The van der Waals surface area contributed by atoms with E-state index in [0.29, 0.717) is 11.0 Å². The van der Waals surface area contributed by atoms with Crippen LogP contribution in [0.1, 0.15) is 0 Å². The zero-order valence-corrected chi connectivity index (χ0v) is 14.4. The first kappa shape index (κ1) is 15.0. The van der Waals surface area contributed by atoms with Crippen LogP contribution >= 0.6 is 11.8 Å². The van der Waals surface area contributed by atoms with Gasteiger partial charge in [0.1, 0.15) is 5.52 Å². The standard InChI is InChI=1S/C18H13N7S/c1-2-8-15(9-3-1)25-18(20-21-23-25)26-12-24-17-11-14-7-5-4-6-13(14)10-16(17)19-22-24/h1-11H,12H2. The second-order valence-electron chi connectivity index (χ2n) is 5.76. The van der Waals surface area contributed by atoms with Gasteiger partial charge in [-0.2, -0.15) is 4.68 Å². The highest BCUT2D eigenvalue weighted by molar-refractivity contribution is 7.98. The Morgan fingerprint density at radius 2 is 1.58 bits per heavy atom. The normalized spacial score (nSPS) is 11.4. The summed E-state index contributed by atoms with van der Waals surface area (Å²) in [5.41, 5.74) is 2.80. The summed E-state index contributed by atoms with van der Waals surface area (Å²) in [4.78, 5) is 0. The molecule has 0 N–H and O–H groups in total. The van der Waals surface area contributed by atoms with Crippen molar-refractivity contribution in [1.29, 1.82) is 0 Å². The van der Waals surface area contributed by atoms with Gasteiger partial charge in [-0.05, 0) is 45.5 Å². The number of thioether (sulfide) groups is 1. The minimum Gasteiger partial charge on any atom is -0.234 e. The summed E-state index contributed by atoms with van der Waals surface area (Å²) in [6, 6.07) is 22.2. The average molecular weight is 359 g/mol. The van der Waals surface area contributed by atoms with Gasteiger partial charge in [0.2, 0.25) is 5.16 Å². The molecule has 2 heterocycles. The second-order valence-corrected chi connectivity index (χ2v) is 6.67. The molecule has 0 radical (unpaired) electrons. The Labute approximate surface area is 152 Å². The molecule has 8 heteroatoms. The molecule has 126 valence electrons. The largest absolute Gasteiger partial charge is 0.234 e. The Kier molecular flexibility index (Phi) is 3.60. The lowest BCUT2D eigenvalue weighted by molar-refractivity contribution is 0.714. The van der Waals surface area contributed by atoms with Crippen LogP contribution in [-0.2, 0) is 5.88 Å². The van der Waals surface area contributed by atoms with Crippen molar-refractivity contribution in [1.82, 2.24) is 35.2 Å². The summed E-state index contributed by atoms with van der Waals surface area (Å²) in [7, 11) is 0. The van der Waals surface area contributed by atoms with E-state index in [1.807, 2.05) is 47.1 Å². The third-order valence-corrected chi connectivity index (χ3v) is 5.03. The van der Waals surface area contributed by atoms with Gasteiger partial charge < -0.3 is 0 Å². The van der Waals surface area contributed by atoms with Gasteiger partial charge in [0, 0.05) is 0 Å². The molecule has 0 amide bonds.